The molecule has 0 aliphatic rings. The van der Waals surface area contributed by atoms with Crippen LogP contribution in [0.5, 0.6) is 17.2 Å². The molecule has 6 heteroatoms. The predicted octanol–water partition coefficient (Wildman–Crippen LogP) is 5.53. The fourth-order valence-electron chi connectivity index (χ4n) is 3.09. The highest BCUT2D eigenvalue weighted by Gasteiger charge is 2.26. The van der Waals surface area contributed by atoms with E-state index in [1.807, 2.05) is 68.4 Å². The van der Waals surface area contributed by atoms with Gasteiger partial charge in [0.15, 0.2) is 0 Å². The van der Waals surface area contributed by atoms with Gasteiger partial charge in [-0.15, -0.1) is 0 Å². The van der Waals surface area contributed by atoms with E-state index >= 15 is 0 Å². The van der Waals surface area contributed by atoms with Crippen LogP contribution in [-0.2, 0) is 5.41 Å². The first kappa shape index (κ1) is 21.5. The van der Waals surface area contributed by atoms with Gasteiger partial charge < -0.3 is 19.7 Å². The number of ether oxygens (including phenoxy) is 2. The monoisotopic (exact) mass is 426 g/mol. The fraction of sp³-hybridized carbons (Fsp3) is 0.208. The molecule has 0 radical (unpaired) electrons. The van der Waals surface area contributed by atoms with E-state index in [-0.39, 0.29) is 10.6 Å². The Morgan fingerprint density at radius 3 is 2.03 bits per heavy atom. The van der Waals surface area contributed by atoms with Crippen molar-refractivity contribution in [1.82, 2.24) is 0 Å². The van der Waals surface area contributed by atoms with Gasteiger partial charge in [0.1, 0.15) is 36.0 Å². The first-order chi connectivity index (χ1) is 14.3. The van der Waals surface area contributed by atoms with Gasteiger partial charge in [-0.05, 0) is 47.5 Å². The molecule has 0 aromatic heterocycles. The van der Waals surface area contributed by atoms with Crippen LogP contribution in [0.2, 0.25) is 5.02 Å². The van der Waals surface area contributed by atoms with Gasteiger partial charge in [-0.3, -0.25) is 0 Å². The smallest absolute Gasteiger partial charge is 0.339 e. The van der Waals surface area contributed by atoms with Gasteiger partial charge in [-0.25, -0.2) is 4.79 Å². The molecule has 0 saturated carbocycles. The SMILES string of the molecule is CC(C)(c1ccc(OCCOc2ccccc2)cc1)c1cc(Cl)c(O)c(C(=O)O)c1. The number of benzene rings is 3. The molecule has 3 rings (SSSR count). The lowest BCUT2D eigenvalue weighted by Crippen LogP contribution is -2.19. The lowest BCUT2D eigenvalue weighted by Gasteiger charge is -2.27. The van der Waals surface area contributed by atoms with Gasteiger partial charge in [0.2, 0.25) is 0 Å². The Balaban J connectivity index is 1.68. The topological polar surface area (TPSA) is 76.0 Å². The van der Waals surface area contributed by atoms with Crippen molar-refractivity contribution < 1.29 is 24.5 Å². The number of hydrogen-bond acceptors (Lipinski definition) is 4. The number of para-hydroxylation sites is 1. The molecule has 5 nitrogen and oxygen atoms in total. The number of hydrogen-bond donors (Lipinski definition) is 2. The molecule has 0 saturated heterocycles. The Kier molecular flexibility index (Phi) is 6.53. The van der Waals surface area contributed by atoms with Crippen LogP contribution < -0.4 is 9.47 Å². The third kappa shape index (κ3) is 4.86. The molecule has 0 amide bonds. The van der Waals surface area contributed by atoms with Crippen LogP contribution >= 0.6 is 11.6 Å². The van der Waals surface area contributed by atoms with Gasteiger partial charge in [0, 0.05) is 5.41 Å². The zero-order chi connectivity index (χ0) is 21.7. The van der Waals surface area contributed by atoms with Gasteiger partial charge in [0.05, 0.1) is 5.02 Å². The average Bonchev–Trinajstić information content (AvgIpc) is 2.74. The number of halogens is 1. The van der Waals surface area contributed by atoms with E-state index in [9.17, 15) is 15.0 Å². The molecule has 0 atom stereocenters. The highest BCUT2D eigenvalue weighted by molar-refractivity contribution is 6.32. The molecular weight excluding hydrogens is 404 g/mol. The number of carboxylic acids is 1. The molecule has 2 N–H and O–H groups in total. The molecule has 0 aliphatic carbocycles. The summed E-state index contributed by atoms with van der Waals surface area (Å²) in [4.78, 5) is 11.4. The highest BCUT2D eigenvalue weighted by Crippen LogP contribution is 2.38. The standard InChI is InChI=1S/C24H23ClO5/c1-24(2,17-14-20(23(27)28)22(26)21(25)15-17)16-8-10-19(11-9-16)30-13-12-29-18-6-4-3-5-7-18/h3-11,14-15,26H,12-13H2,1-2H3,(H,27,28). The van der Waals surface area contributed by atoms with Gasteiger partial charge in [-0.1, -0.05) is 55.8 Å². The molecule has 0 fully saturated rings. The Morgan fingerprint density at radius 2 is 1.47 bits per heavy atom. The summed E-state index contributed by atoms with van der Waals surface area (Å²) in [7, 11) is 0. The maximum Gasteiger partial charge on any atom is 0.339 e. The quantitative estimate of drug-likeness (QED) is 0.463. The van der Waals surface area contributed by atoms with Gasteiger partial charge >= 0.3 is 5.97 Å². The average molecular weight is 427 g/mol. The van der Waals surface area contributed by atoms with Crippen molar-refractivity contribution in [1.29, 1.82) is 0 Å². The summed E-state index contributed by atoms with van der Waals surface area (Å²) in [5.74, 6) is -0.147. The van der Waals surface area contributed by atoms with E-state index in [1.165, 1.54) is 6.07 Å². The van der Waals surface area contributed by atoms with Crippen LogP contribution in [0.1, 0.15) is 35.3 Å². The summed E-state index contributed by atoms with van der Waals surface area (Å²) in [5.41, 5.74) is 0.890. The molecule has 0 bridgehead atoms. The summed E-state index contributed by atoms with van der Waals surface area (Å²) in [5, 5.41) is 19.2. The maximum absolute atomic E-state index is 11.4. The first-order valence-electron chi connectivity index (χ1n) is 9.46. The second-order valence-electron chi connectivity index (χ2n) is 7.32. The Bertz CT molecular complexity index is 1010. The molecular formula is C24H23ClO5. The number of aromatic carboxylic acids is 1. The number of carbonyl (C=O) groups is 1. The molecule has 0 unspecified atom stereocenters. The number of rotatable bonds is 8. The van der Waals surface area contributed by atoms with E-state index in [4.69, 9.17) is 21.1 Å². The molecule has 3 aromatic carbocycles. The molecule has 0 spiro atoms. The zero-order valence-electron chi connectivity index (χ0n) is 16.8. The zero-order valence-corrected chi connectivity index (χ0v) is 17.5. The van der Waals surface area contributed by atoms with E-state index in [1.54, 1.807) is 6.07 Å². The second kappa shape index (κ2) is 9.09. The normalized spacial score (nSPS) is 11.2. The Labute approximate surface area is 180 Å². The minimum absolute atomic E-state index is 0.0105. The van der Waals surface area contributed by atoms with Crippen molar-refractivity contribution in [3.05, 3.63) is 88.4 Å². The van der Waals surface area contributed by atoms with Crippen LogP contribution in [0.25, 0.3) is 0 Å². The number of aromatic hydroxyl groups is 1. The molecule has 0 heterocycles. The number of phenols is 1. The minimum Gasteiger partial charge on any atom is -0.505 e. The Hall–Kier alpha value is -3.18. The summed E-state index contributed by atoms with van der Waals surface area (Å²) < 4.78 is 11.3. The summed E-state index contributed by atoms with van der Waals surface area (Å²) >= 11 is 6.05. The van der Waals surface area contributed by atoms with E-state index in [0.29, 0.717) is 24.5 Å². The third-order valence-electron chi connectivity index (χ3n) is 4.96. The summed E-state index contributed by atoms with van der Waals surface area (Å²) in [6.45, 7) is 4.77. The number of carboxylic acid groups (broad SMARTS) is 1. The Morgan fingerprint density at radius 1 is 0.900 bits per heavy atom. The van der Waals surface area contributed by atoms with Gasteiger partial charge in [0.25, 0.3) is 0 Å². The lowest BCUT2D eigenvalue weighted by molar-refractivity contribution is 0.0693. The maximum atomic E-state index is 11.4. The van der Waals surface area contributed by atoms with Crippen molar-refractivity contribution in [3.63, 3.8) is 0 Å². The van der Waals surface area contributed by atoms with Crippen molar-refractivity contribution in [2.75, 3.05) is 13.2 Å². The van der Waals surface area contributed by atoms with Crippen molar-refractivity contribution in [3.8, 4) is 17.2 Å². The third-order valence-corrected chi connectivity index (χ3v) is 5.24. The molecule has 156 valence electrons. The molecule has 0 aliphatic heterocycles. The van der Waals surface area contributed by atoms with Gasteiger partial charge in [-0.2, -0.15) is 0 Å². The van der Waals surface area contributed by atoms with E-state index in [2.05, 4.69) is 0 Å². The highest BCUT2D eigenvalue weighted by atomic mass is 35.5. The van der Waals surface area contributed by atoms with Crippen molar-refractivity contribution in [2.45, 2.75) is 19.3 Å². The van der Waals surface area contributed by atoms with Crippen LogP contribution in [0, 0.1) is 0 Å². The van der Waals surface area contributed by atoms with E-state index < -0.39 is 17.1 Å². The fourth-order valence-corrected chi connectivity index (χ4v) is 3.31. The van der Waals surface area contributed by atoms with Crippen LogP contribution in [0.15, 0.2) is 66.7 Å². The van der Waals surface area contributed by atoms with E-state index in [0.717, 1.165) is 11.3 Å². The van der Waals surface area contributed by atoms with Crippen LogP contribution in [0.4, 0.5) is 0 Å². The molecule has 30 heavy (non-hydrogen) atoms. The molecule has 3 aromatic rings. The second-order valence-corrected chi connectivity index (χ2v) is 7.73. The summed E-state index contributed by atoms with van der Waals surface area (Å²) in [6.07, 6.45) is 0. The van der Waals surface area contributed by atoms with Crippen LogP contribution in [-0.4, -0.2) is 29.4 Å². The minimum atomic E-state index is -1.23. The first-order valence-corrected chi connectivity index (χ1v) is 9.84. The van der Waals surface area contributed by atoms with Crippen LogP contribution in [0.3, 0.4) is 0 Å². The largest absolute Gasteiger partial charge is 0.505 e. The summed E-state index contributed by atoms with van der Waals surface area (Å²) in [6, 6.07) is 20.2. The predicted molar refractivity (Wildman–Crippen MR) is 116 cm³/mol. The van der Waals surface area contributed by atoms with Crippen molar-refractivity contribution in [2.24, 2.45) is 0 Å². The van der Waals surface area contributed by atoms with Crippen molar-refractivity contribution >= 4 is 17.6 Å². The lowest BCUT2D eigenvalue weighted by atomic mass is 9.77.